The molecule has 15 aromatic rings. The van der Waals surface area contributed by atoms with Crippen LogP contribution in [0.4, 0.5) is 0 Å². The maximum Gasteiger partial charge on any atom is 0.0534 e. The molecule has 344 valence electrons. The molecule has 0 spiro atoms. The van der Waals surface area contributed by atoms with Gasteiger partial charge >= 0.3 is 0 Å². The summed E-state index contributed by atoms with van der Waals surface area (Å²) in [6, 6.07) is 98.5. The molecule has 0 aliphatic rings. The Bertz CT molecular complexity index is 4680. The molecule has 2 heteroatoms. The molecule has 0 amide bonds. The Kier molecular flexibility index (Phi) is 9.61. The van der Waals surface area contributed by atoms with Gasteiger partial charge in [-0.25, -0.2) is 0 Å². The SMILES string of the molecule is c1ccc(-c2ccc3c(-c4cn(-c5ccccc5)c5ccccc45)c4cc5c(cc4c(-c4cn(-c6ccccc6)c6ccccc46)c3c2)c(-c2ccccc2)c(-c2ccc3ccccc3c2)c2ccccc25)cc1. The lowest BCUT2D eigenvalue weighted by Gasteiger charge is -2.22. The maximum atomic E-state index is 2.57. The minimum atomic E-state index is 1.13. The van der Waals surface area contributed by atoms with Crippen molar-refractivity contribution in [2.24, 2.45) is 0 Å². The third-order valence-electron chi connectivity index (χ3n) is 15.5. The van der Waals surface area contributed by atoms with Gasteiger partial charge in [-0.15, -0.1) is 0 Å². The van der Waals surface area contributed by atoms with E-state index in [4.69, 9.17) is 0 Å². The normalized spacial score (nSPS) is 11.8. The average molecular weight is 939 g/mol. The largest absolute Gasteiger partial charge is 0.316 e. The van der Waals surface area contributed by atoms with Crippen molar-refractivity contribution in [2.75, 3.05) is 0 Å². The number of benzene rings is 13. The quantitative estimate of drug-likeness (QED) is 0.111. The van der Waals surface area contributed by atoms with Gasteiger partial charge in [-0.3, -0.25) is 0 Å². The minimum absolute atomic E-state index is 1.13. The average Bonchev–Trinajstić information content (AvgIpc) is 4.08. The Balaban J connectivity index is 1.18. The molecule has 0 saturated carbocycles. The van der Waals surface area contributed by atoms with Crippen molar-refractivity contribution in [3.8, 4) is 67.0 Å². The molecule has 2 nitrogen and oxygen atoms in total. The van der Waals surface area contributed by atoms with Crippen LogP contribution in [0.2, 0.25) is 0 Å². The molecule has 15 rings (SSSR count). The monoisotopic (exact) mass is 938 g/mol. The molecule has 0 bridgehead atoms. The number of hydrogen-bond acceptors (Lipinski definition) is 0. The molecule has 0 aliphatic heterocycles. The third-order valence-corrected chi connectivity index (χ3v) is 15.5. The Morgan fingerprint density at radius 3 is 1.24 bits per heavy atom. The first-order valence-electron chi connectivity index (χ1n) is 25.6. The summed E-state index contributed by atoms with van der Waals surface area (Å²) < 4.78 is 4.76. The van der Waals surface area contributed by atoms with E-state index in [1.165, 1.54) is 131 Å². The van der Waals surface area contributed by atoms with Gasteiger partial charge in [0.05, 0.1) is 11.0 Å². The highest BCUT2D eigenvalue weighted by Gasteiger charge is 2.26. The van der Waals surface area contributed by atoms with Gasteiger partial charge in [0.15, 0.2) is 0 Å². The summed E-state index contributed by atoms with van der Waals surface area (Å²) in [5.41, 5.74) is 16.7. The molecule has 13 aromatic carbocycles. The van der Waals surface area contributed by atoms with Crippen LogP contribution in [0.1, 0.15) is 0 Å². The van der Waals surface area contributed by atoms with Crippen molar-refractivity contribution in [3.05, 3.63) is 279 Å². The summed E-state index contributed by atoms with van der Waals surface area (Å²) in [5.74, 6) is 0. The molecular weight excluding hydrogens is 893 g/mol. The summed E-state index contributed by atoms with van der Waals surface area (Å²) in [4.78, 5) is 0. The van der Waals surface area contributed by atoms with Crippen LogP contribution in [0.5, 0.6) is 0 Å². The van der Waals surface area contributed by atoms with E-state index >= 15 is 0 Å². The second kappa shape index (κ2) is 16.9. The molecule has 2 heterocycles. The fourth-order valence-corrected chi connectivity index (χ4v) is 12.2. The molecule has 74 heavy (non-hydrogen) atoms. The highest BCUT2D eigenvalue weighted by molar-refractivity contribution is 6.31. The maximum absolute atomic E-state index is 2.57. The lowest BCUT2D eigenvalue weighted by atomic mass is 9.80. The summed E-state index contributed by atoms with van der Waals surface area (Å²) in [5, 5.41) is 14.6. The molecule has 0 radical (unpaired) electrons. The minimum Gasteiger partial charge on any atom is -0.316 e. The predicted octanol–water partition coefficient (Wildman–Crippen LogP) is 19.7. The van der Waals surface area contributed by atoms with E-state index in [1.54, 1.807) is 0 Å². The summed E-state index contributed by atoms with van der Waals surface area (Å²) in [6.07, 6.45) is 4.79. The van der Waals surface area contributed by atoms with E-state index in [9.17, 15) is 0 Å². The van der Waals surface area contributed by atoms with E-state index < -0.39 is 0 Å². The zero-order valence-electron chi connectivity index (χ0n) is 40.5. The lowest BCUT2D eigenvalue weighted by molar-refractivity contribution is 1.13. The van der Waals surface area contributed by atoms with Crippen molar-refractivity contribution in [1.82, 2.24) is 9.13 Å². The molecule has 0 N–H and O–H groups in total. The first kappa shape index (κ1) is 42.0. The van der Waals surface area contributed by atoms with E-state index in [2.05, 4.69) is 288 Å². The van der Waals surface area contributed by atoms with Gasteiger partial charge in [0.2, 0.25) is 0 Å². The van der Waals surface area contributed by atoms with E-state index in [0.717, 1.165) is 11.4 Å². The van der Waals surface area contributed by atoms with E-state index in [1.807, 2.05) is 0 Å². The fraction of sp³-hybridized carbons (Fsp3) is 0. The van der Waals surface area contributed by atoms with Gasteiger partial charge < -0.3 is 9.13 Å². The highest BCUT2D eigenvalue weighted by Crippen LogP contribution is 2.53. The van der Waals surface area contributed by atoms with E-state index in [-0.39, 0.29) is 0 Å². The van der Waals surface area contributed by atoms with Crippen molar-refractivity contribution in [2.45, 2.75) is 0 Å². The van der Waals surface area contributed by atoms with Crippen LogP contribution in [0.25, 0.3) is 143 Å². The fourth-order valence-electron chi connectivity index (χ4n) is 12.2. The number of nitrogens with zero attached hydrogens (tertiary/aromatic N) is 2. The molecular formula is C72H46N2. The van der Waals surface area contributed by atoms with Crippen LogP contribution in [0.15, 0.2) is 279 Å². The predicted molar refractivity (Wildman–Crippen MR) is 315 cm³/mol. The summed E-state index contributed by atoms with van der Waals surface area (Å²) >= 11 is 0. The zero-order valence-corrected chi connectivity index (χ0v) is 40.5. The van der Waals surface area contributed by atoms with Gasteiger partial charge in [0.25, 0.3) is 0 Å². The zero-order chi connectivity index (χ0) is 48.7. The highest BCUT2D eigenvalue weighted by atomic mass is 15.0. The second-order valence-electron chi connectivity index (χ2n) is 19.6. The number of para-hydroxylation sites is 4. The van der Waals surface area contributed by atoms with Crippen LogP contribution < -0.4 is 0 Å². The van der Waals surface area contributed by atoms with Gasteiger partial charge in [-0.2, -0.15) is 0 Å². The Morgan fingerprint density at radius 1 is 0.203 bits per heavy atom. The summed E-state index contributed by atoms with van der Waals surface area (Å²) in [7, 11) is 0. The number of rotatable bonds is 7. The van der Waals surface area contributed by atoms with Crippen molar-refractivity contribution in [3.63, 3.8) is 0 Å². The van der Waals surface area contributed by atoms with Crippen LogP contribution >= 0.6 is 0 Å². The molecule has 2 aromatic heterocycles. The first-order chi connectivity index (χ1) is 36.7. The lowest BCUT2D eigenvalue weighted by Crippen LogP contribution is -1.95. The molecule has 0 saturated heterocycles. The molecule has 0 unspecified atom stereocenters. The third kappa shape index (κ3) is 6.59. The Hall–Kier alpha value is -9.76. The van der Waals surface area contributed by atoms with Gasteiger partial charge in [-0.1, -0.05) is 206 Å². The van der Waals surface area contributed by atoms with Gasteiger partial charge in [0, 0.05) is 45.7 Å². The molecule has 0 atom stereocenters. The molecule has 0 fully saturated rings. The summed E-state index contributed by atoms with van der Waals surface area (Å²) in [6.45, 7) is 0. The van der Waals surface area contributed by atoms with Crippen LogP contribution in [0, 0.1) is 0 Å². The van der Waals surface area contributed by atoms with Gasteiger partial charge in [0.1, 0.15) is 0 Å². The molecule has 0 aliphatic carbocycles. The van der Waals surface area contributed by atoms with Crippen molar-refractivity contribution < 1.29 is 0 Å². The topological polar surface area (TPSA) is 9.86 Å². The number of hydrogen-bond donors (Lipinski definition) is 0. The Labute approximate surface area is 428 Å². The van der Waals surface area contributed by atoms with Gasteiger partial charge in [-0.05, 0) is 159 Å². The first-order valence-corrected chi connectivity index (χ1v) is 25.6. The van der Waals surface area contributed by atoms with Crippen LogP contribution in [0.3, 0.4) is 0 Å². The van der Waals surface area contributed by atoms with Crippen molar-refractivity contribution in [1.29, 1.82) is 0 Å². The van der Waals surface area contributed by atoms with Crippen LogP contribution in [-0.4, -0.2) is 9.13 Å². The second-order valence-corrected chi connectivity index (χ2v) is 19.6. The van der Waals surface area contributed by atoms with Crippen LogP contribution in [-0.2, 0) is 0 Å². The number of aromatic nitrogens is 2. The van der Waals surface area contributed by atoms with Crippen molar-refractivity contribution >= 4 is 75.7 Å². The standard InChI is InChI=1S/C72H46N2/c1-5-21-47(22-6-1)51-39-40-59-61(42-51)72(66-46-74(54-29-11-4-12-30-54)68-36-20-18-33-57(66)68)64-44-62-60(43-63(64)71(59)65-45-73(53-27-9-3-10-28-53)67-35-19-17-32-56(65)67)55-31-15-16-34-58(55)70(69(62)49-24-7-2-8-25-49)52-38-37-48-23-13-14-26-50(48)41-52/h1-46H. The van der Waals surface area contributed by atoms with E-state index in [0.29, 0.717) is 0 Å². The number of fused-ring (bicyclic) bond motifs is 8. The smallest absolute Gasteiger partial charge is 0.0534 e. The Morgan fingerprint density at radius 2 is 0.622 bits per heavy atom.